The van der Waals surface area contributed by atoms with Crippen LogP contribution in [0.25, 0.3) is 0 Å². The van der Waals surface area contributed by atoms with Crippen LogP contribution in [-0.4, -0.2) is 48.4 Å². The first-order chi connectivity index (χ1) is 17.6. The monoisotopic (exact) mass is 526 g/mol. The number of aromatic nitrogens is 2. The summed E-state index contributed by atoms with van der Waals surface area (Å²) < 4.78 is 11.8. The van der Waals surface area contributed by atoms with Crippen LogP contribution in [-0.2, 0) is 25.7 Å². The maximum atomic E-state index is 6.35. The predicted octanol–water partition coefficient (Wildman–Crippen LogP) is 4.84. The molecule has 8 heteroatoms. The first kappa shape index (κ1) is 25.3. The molecule has 0 bridgehead atoms. The van der Waals surface area contributed by atoms with Gasteiger partial charge in [0.05, 0.1) is 12.4 Å². The van der Waals surface area contributed by atoms with Crippen molar-refractivity contribution in [2.24, 2.45) is 0 Å². The van der Waals surface area contributed by atoms with Gasteiger partial charge in [-0.3, -0.25) is 0 Å². The van der Waals surface area contributed by atoms with Crippen LogP contribution in [0.15, 0.2) is 48.8 Å². The van der Waals surface area contributed by atoms with Gasteiger partial charge in [-0.1, -0.05) is 47.5 Å². The van der Waals surface area contributed by atoms with E-state index in [1.807, 2.05) is 12.1 Å². The van der Waals surface area contributed by atoms with Crippen molar-refractivity contribution in [1.29, 1.82) is 0 Å². The van der Waals surface area contributed by atoms with Crippen molar-refractivity contribution >= 4 is 23.2 Å². The summed E-state index contributed by atoms with van der Waals surface area (Å²) in [5, 5.41) is 7.77. The third-order valence-electron chi connectivity index (χ3n) is 6.92. The molecule has 1 aromatic carbocycles. The topological polar surface area (TPSA) is 68.3 Å². The molecule has 5 rings (SSSR count). The predicted molar refractivity (Wildman–Crippen MR) is 144 cm³/mol. The molecule has 0 saturated carbocycles. The summed E-state index contributed by atoms with van der Waals surface area (Å²) in [5.74, 6) is 1.56. The zero-order valence-electron chi connectivity index (χ0n) is 20.3. The maximum absolute atomic E-state index is 6.35. The molecule has 0 spiro atoms. The van der Waals surface area contributed by atoms with Crippen molar-refractivity contribution in [3.63, 3.8) is 0 Å². The van der Waals surface area contributed by atoms with E-state index in [-0.39, 0.29) is 0 Å². The van der Waals surface area contributed by atoms with Gasteiger partial charge < -0.3 is 20.1 Å². The van der Waals surface area contributed by atoms with Crippen LogP contribution in [0.1, 0.15) is 35.1 Å². The van der Waals surface area contributed by atoms with E-state index >= 15 is 0 Å². The third kappa shape index (κ3) is 6.88. The zero-order valence-corrected chi connectivity index (χ0v) is 21.8. The summed E-state index contributed by atoms with van der Waals surface area (Å²) >= 11 is 12.7. The highest BCUT2D eigenvalue weighted by Crippen LogP contribution is 2.23. The second-order valence-corrected chi connectivity index (χ2v) is 10.3. The Morgan fingerprint density at radius 1 is 0.694 bits per heavy atom. The fourth-order valence-electron chi connectivity index (χ4n) is 4.26. The average molecular weight is 527 g/mol. The highest BCUT2D eigenvalue weighted by molar-refractivity contribution is 6.30. The normalized spacial score (nSPS) is 18.8. The smallest absolute Gasteiger partial charge is 0.138 e. The molecule has 2 aliphatic heterocycles. The standard InChI is InChI=1S/C28H32Cl2N4O2/c29-27-21(13-25(15-33-27)35-17-23-9-11-31-23)7-5-19-1-2-20(4-3-19)6-8-22-14-26(16-34-28(22)30)36-18-24-10-12-32-24/h1-4,13-16,23-24,31-32H,5-12,17-18H2/t23-,24-/m0/s1. The first-order valence-corrected chi connectivity index (χ1v) is 13.5. The molecule has 0 aliphatic carbocycles. The Morgan fingerprint density at radius 3 is 1.47 bits per heavy atom. The summed E-state index contributed by atoms with van der Waals surface area (Å²) in [5.41, 5.74) is 4.55. The molecular formula is C28H32Cl2N4O2. The number of aryl methyl sites for hydroxylation is 4. The fourth-order valence-corrected chi connectivity index (χ4v) is 4.65. The van der Waals surface area contributed by atoms with E-state index in [0.717, 1.165) is 74.2 Å². The van der Waals surface area contributed by atoms with E-state index in [2.05, 4.69) is 44.9 Å². The summed E-state index contributed by atoms with van der Waals surface area (Å²) in [4.78, 5) is 8.63. The van der Waals surface area contributed by atoms with Crippen molar-refractivity contribution in [1.82, 2.24) is 20.6 Å². The number of hydrogen-bond acceptors (Lipinski definition) is 6. The molecule has 2 fully saturated rings. The zero-order chi connectivity index (χ0) is 24.7. The number of benzene rings is 1. The van der Waals surface area contributed by atoms with Crippen LogP contribution in [0.5, 0.6) is 11.5 Å². The minimum absolute atomic E-state index is 0.446. The lowest BCUT2D eigenvalue weighted by molar-refractivity contribution is 0.217. The summed E-state index contributed by atoms with van der Waals surface area (Å²) in [7, 11) is 0. The molecule has 2 atom stereocenters. The highest BCUT2D eigenvalue weighted by Gasteiger charge is 2.18. The van der Waals surface area contributed by atoms with Gasteiger partial charge in [0.2, 0.25) is 0 Å². The molecule has 4 heterocycles. The van der Waals surface area contributed by atoms with E-state index < -0.39 is 0 Å². The van der Waals surface area contributed by atoms with Crippen molar-refractivity contribution in [2.75, 3.05) is 26.3 Å². The molecule has 3 aromatic rings. The number of pyridine rings is 2. The molecule has 2 aliphatic rings. The summed E-state index contributed by atoms with van der Waals surface area (Å²) in [6, 6.07) is 13.7. The van der Waals surface area contributed by atoms with E-state index in [1.54, 1.807) is 12.4 Å². The fraction of sp³-hybridized carbons (Fsp3) is 0.429. The molecule has 6 nitrogen and oxygen atoms in total. The molecule has 0 unspecified atom stereocenters. The van der Waals surface area contributed by atoms with Crippen LogP contribution in [0.4, 0.5) is 0 Å². The molecule has 0 radical (unpaired) electrons. The number of ether oxygens (including phenoxy) is 2. The Balaban J connectivity index is 1.11. The van der Waals surface area contributed by atoms with Crippen LogP contribution in [0, 0.1) is 0 Å². The second kappa shape index (κ2) is 12.2. The van der Waals surface area contributed by atoms with Crippen LogP contribution in [0.2, 0.25) is 10.3 Å². The Hall–Kier alpha value is -2.38. The van der Waals surface area contributed by atoms with Gasteiger partial charge in [0, 0.05) is 12.1 Å². The lowest BCUT2D eigenvalue weighted by Crippen LogP contribution is -2.46. The molecule has 2 aromatic heterocycles. The molecule has 0 amide bonds. The SMILES string of the molecule is Clc1ncc(OC[C@@H]2CCN2)cc1CCc1ccc(CCc2cc(OC[C@@H]3CCN3)cnc2Cl)cc1. The Morgan fingerprint density at radius 2 is 1.11 bits per heavy atom. The van der Waals surface area contributed by atoms with Crippen molar-refractivity contribution < 1.29 is 9.47 Å². The quantitative estimate of drug-likeness (QED) is 0.329. The van der Waals surface area contributed by atoms with Gasteiger partial charge in [-0.25, -0.2) is 9.97 Å². The minimum Gasteiger partial charge on any atom is -0.490 e. The number of hydrogen-bond donors (Lipinski definition) is 2. The van der Waals surface area contributed by atoms with Gasteiger partial charge in [0.15, 0.2) is 0 Å². The number of nitrogens with one attached hydrogen (secondary N) is 2. The van der Waals surface area contributed by atoms with Crippen LogP contribution in [0.3, 0.4) is 0 Å². The highest BCUT2D eigenvalue weighted by atomic mass is 35.5. The van der Waals surface area contributed by atoms with Crippen LogP contribution < -0.4 is 20.1 Å². The largest absolute Gasteiger partial charge is 0.490 e. The molecule has 36 heavy (non-hydrogen) atoms. The van der Waals surface area contributed by atoms with Gasteiger partial charge in [-0.2, -0.15) is 0 Å². The molecule has 2 saturated heterocycles. The van der Waals surface area contributed by atoms with Crippen molar-refractivity contribution in [2.45, 2.75) is 50.6 Å². The number of nitrogens with zero attached hydrogens (tertiary/aromatic N) is 2. The second-order valence-electron chi connectivity index (χ2n) is 9.56. The van der Waals surface area contributed by atoms with Gasteiger partial charge in [-0.15, -0.1) is 0 Å². The Labute approximate surface area is 222 Å². The average Bonchev–Trinajstić information content (AvgIpc) is 2.83. The summed E-state index contributed by atoms with van der Waals surface area (Å²) in [6.07, 6.45) is 9.13. The van der Waals surface area contributed by atoms with E-state index in [4.69, 9.17) is 32.7 Å². The molecule has 190 valence electrons. The Bertz CT molecular complexity index is 1060. The van der Waals surface area contributed by atoms with Gasteiger partial charge >= 0.3 is 0 Å². The number of rotatable bonds is 12. The van der Waals surface area contributed by atoms with E-state index in [0.29, 0.717) is 35.6 Å². The minimum atomic E-state index is 0.446. The van der Waals surface area contributed by atoms with Gasteiger partial charge in [-0.05, 0) is 86.0 Å². The van der Waals surface area contributed by atoms with Gasteiger partial charge in [0.1, 0.15) is 35.0 Å². The van der Waals surface area contributed by atoms with Crippen LogP contribution >= 0.6 is 23.2 Å². The van der Waals surface area contributed by atoms with Gasteiger partial charge in [0.25, 0.3) is 0 Å². The maximum Gasteiger partial charge on any atom is 0.138 e. The lowest BCUT2D eigenvalue weighted by Gasteiger charge is -2.27. The van der Waals surface area contributed by atoms with Crippen molar-refractivity contribution in [3.05, 3.63) is 81.4 Å². The summed E-state index contributed by atoms with van der Waals surface area (Å²) in [6.45, 7) is 3.48. The number of halogens is 2. The molecule has 2 N–H and O–H groups in total. The van der Waals surface area contributed by atoms with E-state index in [9.17, 15) is 0 Å². The lowest BCUT2D eigenvalue weighted by atomic mass is 10.0. The van der Waals surface area contributed by atoms with E-state index in [1.165, 1.54) is 11.1 Å². The third-order valence-corrected chi connectivity index (χ3v) is 7.60. The first-order valence-electron chi connectivity index (χ1n) is 12.7. The molecular weight excluding hydrogens is 495 g/mol. The Kier molecular flexibility index (Phi) is 8.59. The van der Waals surface area contributed by atoms with Crippen molar-refractivity contribution in [3.8, 4) is 11.5 Å².